The number of nitrogens with zero attached hydrogens (tertiary/aromatic N) is 3. The van der Waals surface area contributed by atoms with Gasteiger partial charge in [-0.2, -0.15) is 15.0 Å². The van der Waals surface area contributed by atoms with Crippen LogP contribution in [-0.2, 0) is 0 Å². The molecular formula is C14H25N5O. The summed E-state index contributed by atoms with van der Waals surface area (Å²) in [5, 5.41) is 6.41. The van der Waals surface area contributed by atoms with Crippen LogP contribution in [0.4, 0.5) is 11.9 Å². The van der Waals surface area contributed by atoms with Crippen molar-refractivity contribution in [2.45, 2.75) is 45.6 Å². The zero-order chi connectivity index (χ0) is 14.5. The lowest BCUT2D eigenvalue weighted by molar-refractivity contribution is 0.253. The van der Waals surface area contributed by atoms with E-state index in [0.717, 1.165) is 0 Å². The summed E-state index contributed by atoms with van der Waals surface area (Å²) in [6, 6.07) is 0.768. The molecule has 1 heterocycles. The van der Waals surface area contributed by atoms with Gasteiger partial charge in [0.05, 0.1) is 7.11 Å². The molecule has 6 heteroatoms. The van der Waals surface area contributed by atoms with Crippen LogP contribution in [0.15, 0.2) is 0 Å². The van der Waals surface area contributed by atoms with Crippen LogP contribution in [0, 0.1) is 11.8 Å². The van der Waals surface area contributed by atoms with E-state index in [1.807, 2.05) is 0 Å². The van der Waals surface area contributed by atoms with Crippen molar-refractivity contribution in [3.63, 3.8) is 0 Å². The molecule has 1 aliphatic rings. The van der Waals surface area contributed by atoms with E-state index >= 15 is 0 Å². The molecule has 0 bridgehead atoms. The van der Waals surface area contributed by atoms with Gasteiger partial charge in [0.15, 0.2) is 0 Å². The van der Waals surface area contributed by atoms with Crippen molar-refractivity contribution in [3.8, 4) is 6.01 Å². The summed E-state index contributed by atoms with van der Waals surface area (Å²) in [7, 11) is 3.35. The normalized spacial score (nSPS) is 22.6. The summed E-state index contributed by atoms with van der Waals surface area (Å²) in [6.07, 6.45) is 5.04. The maximum Gasteiger partial charge on any atom is 0.322 e. The van der Waals surface area contributed by atoms with E-state index in [9.17, 15) is 0 Å². The van der Waals surface area contributed by atoms with Crippen molar-refractivity contribution in [1.29, 1.82) is 0 Å². The Morgan fingerprint density at radius 1 is 1.10 bits per heavy atom. The number of ether oxygens (including phenoxy) is 1. The van der Waals surface area contributed by atoms with E-state index in [4.69, 9.17) is 4.74 Å². The maximum absolute atomic E-state index is 5.12. The zero-order valence-electron chi connectivity index (χ0n) is 12.8. The molecule has 2 unspecified atom stereocenters. The minimum atomic E-state index is 0.337. The molecule has 0 aromatic carbocycles. The van der Waals surface area contributed by atoms with Crippen molar-refractivity contribution in [2.75, 3.05) is 24.8 Å². The van der Waals surface area contributed by atoms with Crippen LogP contribution in [-0.4, -0.2) is 35.2 Å². The molecule has 2 N–H and O–H groups in total. The number of anilines is 2. The average molecular weight is 279 g/mol. The van der Waals surface area contributed by atoms with Crippen LogP contribution in [0.3, 0.4) is 0 Å². The van der Waals surface area contributed by atoms with Crippen LogP contribution < -0.4 is 15.4 Å². The highest BCUT2D eigenvalue weighted by Gasteiger charge is 2.28. The Morgan fingerprint density at radius 2 is 1.80 bits per heavy atom. The first-order valence-electron chi connectivity index (χ1n) is 7.38. The molecule has 0 radical (unpaired) electrons. The van der Waals surface area contributed by atoms with Crippen LogP contribution in [0.1, 0.15) is 39.5 Å². The van der Waals surface area contributed by atoms with Crippen LogP contribution in [0.5, 0.6) is 6.01 Å². The maximum atomic E-state index is 5.12. The van der Waals surface area contributed by atoms with Gasteiger partial charge in [-0.3, -0.25) is 0 Å². The van der Waals surface area contributed by atoms with Crippen LogP contribution in [0.25, 0.3) is 0 Å². The van der Waals surface area contributed by atoms with Crippen LogP contribution in [0.2, 0.25) is 0 Å². The average Bonchev–Trinajstić information content (AvgIpc) is 2.47. The predicted molar refractivity (Wildman–Crippen MR) is 80.1 cm³/mol. The zero-order valence-corrected chi connectivity index (χ0v) is 12.8. The fourth-order valence-electron chi connectivity index (χ4n) is 2.93. The summed E-state index contributed by atoms with van der Waals surface area (Å²) in [5.74, 6) is 2.46. The van der Waals surface area contributed by atoms with Gasteiger partial charge in [-0.05, 0) is 24.7 Å². The number of hydrogen-bond donors (Lipinski definition) is 2. The SMILES string of the molecule is CNc1nc(NC2CCCCC2C(C)C)nc(OC)n1. The highest BCUT2D eigenvalue weighted by atomic mass is 16.5. The topological polar surface area (TPSA) is 72.0 Å². The van der Waals surface area contributed by atoms with Crippen LogP contribution >= 0.6 is 0 Å². The molecule has 1 aromatic rings. The molecule has 0 aliphatic heterocycles. The van der Waals surface area contributed by atoms with Crippen molar-refractivity contribution in [3.05, 3.63) is 0 Å². The van der Waals surface area contributed by atoms with E-state index in [0.29, 0.717) is 35.8 Å². The van der Waals surface area contributed by atoms with E-state index in [2.05, 4.69) is 39.4 Å². The van der Waals surface area contributed by atoms with Gasteiger partial charge in [0.2, 0.25) is 11.9 Å². The molecule has 2 atom stereocenters. The van der Waals surface area contributed by atoms with Gasteiger partial charge in [0, 0.05) is 13.1 Å². The Morgan fingerprint density at radius 3 is 2.45 bits per heavy atom. The second kappa shape index (κ2) is 6.72. The Labute approximate surface area is 120 Å². The molecule has 1 aliphatic carbocycles. The fourth-order valence-corrected chi connectivity index (χ4v) is 2.93. The Balaban J connectivity index is 2.15. The van der Waals surface area contributed by atoms with Crippen molar-refractivity contribution in [2.24, 2.45) is 11.8 Å². The highest BCUT2D eigenvalue weighted by Crippen LogP contribution is 2.31. The van der Waals surface area contributed by atoms with E-state index < -0.39 is 0 Å². The molecule has 0 amide bonds. The van der Waals surface area contributed by atoms with Crippen molar-refractivity contribution in [1.82, 2.24) is 15.0 Å². The number of rotatable bonds is 5. The third kappa shape index (κ3) is 3.49. The van der Waals surface area contributed by atoms with Gasteiger partial charge in [-0.1, -0.05) is 26.7 Å². The van der Waals surface area contributed by atoms with Crippen molar-refractivity contribution < 1.29 is 4.74 Å². The fraction of sp³-hybridized carbons (Fsp3) is 0.786. The number of nitrogens with one attached hydrogen (secondary N) is 2. The number of aromatic nitrogens is 3. The Kier molecular flexibility index (Phi) is 4.98. The lowest BCUT2D eigenvalue weighted by Gasteiger charge is -2.34. The highest BCUT2D eigenvalue weighted by molar-refractivity contribution is 5.36. The van der Waals surface area contributed by atoms with Gasteiger partial charge in [0.25, 0.3) is 0 Å². The number of hydrogen-bond acceptors (Lipinski definition) is 6. The molecular weight excluding hydrogens is 254 g/mol. The van der Waals surface area contributed by atoms with Gasteiger partial charge >= 0.3 is 6.01 Å². The Bertz CT molecular complexity index is 415. The summed E-state index contributed by atoms with van der Waals surface area (Å²) in [5.41, 5.74) is 0. The van der Waals surface area contributed by atoms with E-state index in [-0.39, 0.29) is 0 Å². The first kappa shape index (κ1) is 14.8. The third-order valence-corrected chi connectivity index (χ3v) is 4.01. The van der Waals surface area contributed by atoms with Crippen molar-refractivity contribution >= 4 is 11.9 Å². The summed E-state index contributed by atoms with van der Waals surface area (Å²) in [6.45, 7) is 4.58. The quantitative estimate of drug-likeness (QED) is 0.863. The third-order valence-electron chi connectivity index (χ3n) is 4.01. The van der Waals surface area contributed by atoms with Gasteiger partial charge in [0.1, 0.15) is 0 Å². The van der Waals surface area contributed by atoms with E-state index in [1.165, 1.54) is 25.7 Å². The number of methoxy groups -OCH3 is 1. The standard InChI is InChI=1S/C14H25N5O/c1-9(2)10-7-5-6-8-11(10)16-13-17-12(15-3)18-14(19-13)20-4/h9-11H,5-8H2,1-4H3,(H2,15,16,17,18,19). The second-order valence-corrected chi connectivity index (χ2v) is 5.66. The smallest absolute Gasteiger partial charge is 0.322 e. The largest absolute Gasteiger partial charge is 0.467 e. The molecule has 112 valence electrons. The summed E-state index contributed by atoms with van der Waals surface area (Å²) in [4.78, 5) is 12.8. The lowest BCUT2D eigenvalue weighted by Crippen LogP contribution is -2.35. The minimum Gasteiger partial charge on any atom is -0.467 e. The minimum absolute atomic E-state index is 0.337. The van der Waals surface area contributed by atoms with Gasteiger partial charge in [-0.15, -0.1) is 0 Å². The first-order chi connectivity index (χ1) is 9.63. The Hall–Kier alpha value is -1.59. The molecule has 1 aromatic heterocycles. The summed E-state index contributed by atoms with van der Waals surface area (Å²) >= 11 is 0. The molecule has 0 saturated heterocycles. The first-order valence-corrected chi connectivity index (χ1v) is 7.38. The molecule has 1 fully saturated rings. The molecule has 2 rings (SSSR count). The second-order valence-electron chi connectivity index (χ2n) is 5.66. The molecule has 1 saturated carbocycles. The molecule has 0 spiro atoms. The predicted octanol–water partition coefficient (Wildman–Crippen LogP) is 2.55. The molecule has 6 nitrogen and oxygen atoms in total. The summed E-state index contributed by atoms with van der Waals surface area (Å²) < 4.78 is 5.12. The lowest BCUT2D eigenvalue weighted by atomic mass is 9.78. The van der Waals surface area contributed by atoms with Gasteiger partial charge in [-0.25, -0.2) is 0 Å². The van der Waals surface area contributed by atoms with Gasteiger partial charge < -0.3 is 15.4 Å². The monoisotopic (exact) mass is 279 g/mol. The molecule has 20 heavy (non-hydrogen) atoms. The van der Waals surface area contributed by atoms with E-state index in [1.54, 1.807) is 14.2 Å².